The minimum absolute atomic E-state index is 0.0922. The quantitative estimate of drug-likeness (QED) is 0.850. The Bertz CT molecular complexity index is 786. The van der Waals surface area contributed by atoms with Crippen molar-refractivity contribution in [2.75, 3.05) is 0 Å². The second kappa shape index (κ2) is 7.48. The Labute approximate surface area is 152 Å². The largest absolute Gasteiger partial charge is 0.490 e. The molecule has 1 aromatic heterocycles. The number of carbonyl (C=O) groups is 1. The molecule has 134 valence electrons. The number of fused-ring (bicyclic) bond motifs is 1. The van der Waals surface area contributed by atoms with Crippen molar-refractivity contribution in [2.24, 2.45) is 5.73 Å². The molecule has 0 unspecified atom stereocenters. The van der Waals surface area contributed by atoms with E-state index < -0.39 is 5.91 Å². The molecule has 0 spiro atoms. The molecule has 1 heterocycles. The van der Waals surface area contributed by atoms with Gasteiger partial charge in [0.15, 0.2) is 0 Å². The molecule has 1 aromatic carbocycles. The van der Waals surface area contributed by atoms with Gasteiger partial charge in [0, 0.05) is 10.8 Å². The lowest BCUT2D eigenvalue weighted by Gasteiger charge is -2.23. The molecule has 2 aromatic rings. The van der Waals surface area contributed by atoms with Crippen molar-refractivity contribution < 1.29 is 14.3 Å². The molecular weight excluding hydrogens is 340 g/mol. The number of ether oxygens (including phenoxy) is 2. The molecule has 25 heavy (non-hydrogen) atoms. The average molecular weight is 363 g/mol. The summed E-state index contributed by atoms with van der Waals surface area (Å²) >= 11 is 6.30. The van der Waals surface area contributed by atoms with Crippen LogP contribution >= 0.6 is 11.6 Å². The Morgan fingerprint density at radius 3 is 2.60 bits per heavy atom. The van der Waals surface area contributed by atoms with Crippen LogP contribution in [-0.4, -0.2) is 23.1 Å². The maximum atomic E-state index is 11.8. The summed E-state index contributed by atoms with van der Waals surface area (Å²) in [6.45, 7) is 3.79. The summed E-state index contributed by atoms with van der Waals surface area (Å²) in [4.78, 5) is 16.2. The molecule has 1 saturated carbocycles. The smallest absolute Gasteiger partial charge is 0.252 e. The number of hydrogen-bond donors (Lipinski definition) is 1. The molecule has 0 atom stereocenters. The molecule has 0 bridgehead atoms. The van der Waals surface area contributed by atoms with Gasteiger partial charge >= 0.3 is 0 Å². The zero-order chi connectivity index (χ0) is 18.0. The normalized spacial score (nSPS) is 15.5. The molecule has 3 rings (SSSR count). The first-order valence-corrected chi connectivity index (χ1v) is 9.09. The predicted molar refractivity (Wildman–Crippen MR) is 98.5 cm³/mol. The lowest BCUT2D eigenvalue weighted by molar-refractivity contribution is 0.0994. The molecule has 1 aliphatic rings. The zero-order valence-electron chi connectivity index (χ0n) is 14.5. The number of nitrogens with zero attached hydrogens (tertiary/aromatic N) is 1. The third-order valence-corrected chi connectivity index (χ3v) is 4.66. The molecule has 5 nitrogen and oxygen atoms in total. The Kier molecular flexibility index (Phi) is 5.33. The number of pyridine rings is 1. The molecule has 1 aliphatic carbocycles. The number of rotatable bonds is 5. The first-order valence-electron chi connectivity index (χ1n) is 8.71. The van der Waals surface area contributed by atoms with Gasteiger partial charge in [0.1, 0.15) is 11.9 Å². The van der Waals surface area contributed by atoms with Gasteiger partial charge in [-0.05, 0) is 51.7 Å². The van der Waals surface area contributed by atoms with Crippen LogP contribution in [0, 0.1) is 0 Å². The zero-order valence-corrected chi connectivity index (χ0v) is 15.3. The highest BCUT2D eigenvalue weighted by atomic mass is 35.5. The van der Waals surface area contributed by atoms with Gasteiger partial charge in [0.2, 0.25) is 5.88 Å². The van der Waals surface area contributed by atoms with Crippen molar-refractivity contribution >= 4 is 28.3 Å². The van der Waals surface area contributed by atoms with Crippen LogP contribution in [0.4, 0.5) is 0 Å². The number of benzene rings is 1. The summed E-state index contributed by atoms with van der Waals surface area (Å²) < 4.78 is 11.9. The number of nitrogens with two attached hydrogens (primary N) is 1. The second-order valence-corrected chi connectivity index (χ2v) is 7.12. The van der Waals surface area contributed by atoms with Gasteiger partial charge in [-0.25, -0.2) is 4.98 Å². The Morgan fingerprint density at radius 2 is 1.96 bits per heavy atom. The van der Waals surface area contributed by atoms with E-state index in [1.54, 1.807) is 18.3 Å². The fraction of sp³-hybridized carbons (Fsp3) is 0.474. The minimum Gasteiger partial charge on any atom is -0.490 e. The topological polar surface area (TPSA) is 74.4 Å². The maximum Gasteiger partial charge on any atom is 0.252 e. The molecule has 2 N–H and O–H groups in total. The molecule has 1 amide bonds. The summed E-state index contributed by atoms with van der Waals surface area (Å²) in [5.41, 5.74) is 5.81. The molecular formula is C19H23ClN2O3. The monoisotopic (exact) mass is 362 g/mol. The van der Waals surface area contributed by atoms with Crippen molar-refractivity contribution in [1.29, 1.82) is 0 Å². The van der Waals surface area contributed by atoms with E-state index >= 15 is 0 Å². The van der Waals surface area contributed by atoms with Crippen LogP contribution in [0.3, 0.4) is 0 Å². The fourth-order valence-corrected chi connectivity index (χ4v) is 3.39. The third kappa shape index (κ3) is 3.98. The minimum atomic E-state index is -0.555. The summed E-state index contributed by atoms with van der Waals surface area (Å²) in [6, 6.07) is 3.42. The lowest BCUT2D eigenvalue weighted by Crippen LogP contribution is -2.20. The lowest BCUT2D eigenvalue weighted by atomic mass is 9.98. The molecule has 6 heteroatoms. The van der Waals surface area contributed by atoms with E-state index in [1.165, 1.54) is 19.3 Å². The highest BCUT2D eigenvalue weighted by Crippen LogP contribution is 2.36. The number of hydrogen-bond acceptors (Lipinski definition) is 4. The molecule has 0 radical (unpaired) electrons. The Balaban J connectivity index is 2.08. The van der Waals surface area contributed by atoms with E-state index in [0.717, 1.165) is 18.2 Å². The number of amides is 1. The third-order valence-electron chi connectivity index (χ3n) is 4.36. The van der Waals surface area contributed by atoms with Gasteiger partial charge < -0.3 is 15.2 Å². The SMILES string of the molecule is CC(C)Oc1cc2c(OC3CCCCC3)ncc(Cl)c2cc1C(N)=O. The predicted octanol–water partition coefficient (Wildman–Crippen LogP) is 4.49. The number of carbonyl (C=O) groups excluding carboxylic acids is 1. The second-order valence-electron chi connectivity index (χ2n) is 6.71. The average Bonchev–Trinajstić information content (AvgIpc) is 2.57. The maximum absolute atomic E-state index is 11.8. The van der Waals surface area contributed by atoms with Crippen LogP contribution in [0.1, 0.15) is 56.3 Å². The molecule has 0 saturated heterocycles. The number of aromatic nitrogens is 1. The van der Waals surface area contributed by atoms with Crippen LogP contribution in [0.5, 0.6) is 11.6 Å². The van der Waals surface area contributed by atoms with Crippen LogP contribution in [0.25, 0.3) is 10.8 Å². The Morgan fingerprint density at radius 1 is 1.24 bits per heavy atom. The molecule has 1 fully saturated rings. The molecule has 0 aliphatic heterocycles. The van der Waals surface area contributed by atoms with E-state index in [1.807, 2.05) is 13.8 Å². The fourth-order valence-electron chi connectivity index (χ4n) is 3.19. The first-order chi connectivity index (χ1) is 12.0. The standard InChI is InChI=1S/C19H23ClN2O3/c1-11(2)24-17-9-14-13(8-15(17)18(21)23)16(20)10-22-19(14)25-12-6-4-3-5-7-12/h8-12H,3-7H2,1-2H3,(H2,21,23). The van der Waals surface area contributed by atoms with Gasteiger partial charge in [0.05, 0.1) is 22.9 Å². The van der Waals surface area contributed by atoms with Gasteiger partial charge in [-0.15, -0.1) is 0 Å². The van der Waals surface area contributed by atoms with Crippen LogP contribution in [-0.2, 0) is 0 Å². The summed E-state index contributed by atoms with van der Waals surface area (Å²) in [5.74, 6) is 0.392. The number of primary amides is 1. The Hall–Kier alpha value is -2.01. The van der Waals surface area contributed by atoms with Gasteiger partial charge in [-0.1, -0.05) is 18.0 Å². The van der Waals surface area contributed by atoms with E-state index in [-0.39, 0.29) is 12.2 Å². The highest BCUT2D eigenvalue weighted by molar-refractivity contribution is 6.35. The van der Waals surface area contributed by atoms with Crippen LogP contribution in [0.2, 0.25) is 5.02 Å². The highest BCUT2D eigenvalue weighted by Gasteiger charge is 2.20. The van der Waals surface area contributed by atoms with Gasteiger partial charge in [-0.2, -0.15) is 0 Å². The summed E-state index contributed by atoms with van der Waals surface area (Å²) in [6.07, 6.45) is 7.27. The van der Waals surface area contributed by atoms with E-state index in [4.69, 9.17) is 26.8 Å². The number of halogens is 1. The van der Waals surface area contributed by atoms with Crippen molar-refractivity contribution in [3.8, 4) is 11.6 Å². The van der Waals surface area contributed by atoms with E-state index in [9.17, 15) is 4.79 Å². The van der Waals surface area contributed by atoms with Crippen LogP contribution < -0.4 is 15.2 Å². The van der Waals surface area contributed by atoms with Crippen molar-refractivity contribution in [3.63, 3.8) is 0 Å². The van der Waals surface area contributed by atoms with Gasteiger partial charge in [0.25, 0.3) is 5.91 Å². The van der Waals surface area contributed by atoms with Crippen molar-refractivity contribution in [1.82, 2.24) is 4.98 Å². The van der Waals surface area contributed by atoms with E-state index in [0.29, 0.717) is 27.6 Å². The van der Waals surface area contributed by atoms with Gasteiger partial charge in [-0.3, -0.25) is 4.79 Å². The summed E-state index contributed by atoms with van der Waals surface area (Å²) in [7, 11) is 0. The van der Waals surface area contributed by atoms with E-state index in [2.05, 4.69) is 4.98 Å². The summed E-state index contributed by atoms with van der Waals surface area (Å²) in [5, 5.41) is 1.87. The van der Waals surface area contributed by atoms with Crippen LogP contribution in [0.15, 0.2) is 18.3 Å². The van der Waals surface area contributed by atoms with Crippen molar-refractivity contribution in [2.45, 2.75) is 58.2 Å². The van der Waals surface area contributed by atoms with Crippen molar-refractivity contribution in [3.05, 3.63) is 28.9 Å². The first kappa shape index (κ1) is 17.8.